The highest BCUT2D eigenvalue weighted by molar-refractivity contribution is 4.88. The van der Waals surface area contributed by atoms with Crippen molar-refractivity contribution in [2.75, 3.05) is 0 Å². The summed E-state index contributed by atoms with van der Waals surface area (Å²) >= 11 is 0. The van der Waals surface area contributed by atoms with Crippen molar-refractivity contribution in [3.05, 3.63) is 0 Å². The Labute approximate surface area is 95.0 Å². The van der Waals surface area contributed by atoms with Crippen LogP contribution in [0.4, 0.5) is 0 Å². The zero-order valence-corrected chi connectivity index (χ0v) is 10.6. The molecule has 0 radical (unpaired) electrons. The highest BCUT2D eigenvalue weighted by Gasteiger charge is 2.32. The van der Waals surface area contributed by atoms with Crippen LogP contribution >= 0.6 is 0 Å². The molecule has 88 valence electrons. The first-order chi connectivity index (χ1) is 7.18. The fourth-order valence-electron chi connectivity index (χ4n) is 3.53. The molecule has 2 aliphatic carbocycles. The molecule has 2 aliphatic rings. The lowest BCUT2D eigenvalue weighted by molar-refractivity contribution is 0.294. The molecule has 15 heavy (non-hydrogen) atoms. The van der Waals surface area contributed by atoms with Crippen LogP contribution in [0.1, 0.15) is 59.3 Å². The van der Waals surface area contributed by atoms with Crippen molar-refractivity contribution >= 4 is 0 Å². The van der Waals surface area contributed by atoms with Crippen LogP contribution < -0.4 is 5.32 Å². The van der Waals surface area contributed by atoms with E-state index in [1.807, 2.05) is 0 Å². The van der Waals surface area contributed by atoms with Crippen LogP contribution in [0.15, 0.2) is 0 Å². The Morgan fingerprint density at radius 1 is 1.00 bits per heavy atom. The molecular formula is C14H27N. The monoisotopic (exact) mass is 209 g/mol. The minimum absolute atomic E-state index is 0.755. The van der Waals surface area contributed by atoms with Crippen LogP contribution in [0.3, 0.4) is 0 Å². The quantitative estimate of drug-likeness (QED) is 0.749. The second kappa shape index (κ2) is 4.86. The van der Waals surface area contributed by atoms with Crippen LogP contribution in [0, 0.1) is 17.8 Å². The maximum atomic E-state index is 3.90. The molecular weight excluding hydrogens is 182 g/mol. The third-order valence-electron chi connectivity index (χ3n) is 5.05. The van der Waals surface area contributed by atoms with Gasteiger partial charge in [0.15, 0.2) is 0 Å². The Kier molecular flexibility index (Phi) is 3.71. The van der Waals surface area contributed by atoms with E-state index in [1.54, 1.807) is 0 Å². The molecule has 1 nitrogen and oxygen atoms in total. The molecule has 2 saturated carbocycles. The average Bonchev–Trinajstić information content (AvgIpc) is 2.83. The van der Waals surface area contributed by atoms with E-state index >= 15 is 0 Å². The third kappa shape index (κ3) is 2.55. The first-order valence-electron chi connectivity index (χ1n) is 6.94. The van der Waals surface area contributed by atoms with Gasteiger partial charge < -0.3 is 5.32 Å². The summed E-state index contributed by atoms with van der Waals surface area (Å²) in [5, 5.41) is 3.90. The summed E-state index contributed by atoms with van der Waals surface area (Å²) in [6, 6.07) is 1.56. The molecule has 2 fully saturated rings. The molecule has 1 N–H and O–H groups in total. The highest BCUT2D eigenvalue weighted by Crippen LogP contribution is 2.33. The molecule has 0 aromatic heterocycles. The largest absolute Gasteiger partial charge is 0.311 e. The Morgan fingerprint density at radius 3 is 2.20 bits per heavy atom. The molecule has 4 unspecified atom stereocenters. The summed E-state index contributed by atoms with van der Waals surface area (Å²) in [7, 11) is 0. The molecule has 0 spiro atoms. The van der Waals surface area contributed by atoms with Gasteiger partial charge in [-0.15, -0.1) is 0 Å². The minimum Gasteiger partial charge on any atom is -0.311 e. The summed E-state index contributed by atoms with van der Waals surface area (Å²) < 4.78 is 0. The maximum Gasteiger partial charge on any atom is 0.00979 e. The van der Waals surface area contributed by atoms with Crippen molar-refractivity contribution in [3.8, 4) is 0 Å². The highest BCUT2D eigenvalue weighted by atomic mass is 15.0. The van der Waals surface area contributed by atoms with Gasteiger partial charge in [-0.05, 0) is 50.4 Å². The van der Waals surface area contributed by atoms with Gasteiger partial charge in [0.1, 0.15) is 0 Å². The second-order valence-corrected chi connectivity index (χ2v) is 6.02. The standard InChI is InChI=1S/C14H27N/c1-10-8-9-14(11(10)2)15-12(3)13-6-4-5-7-13/h10-15H,4-9H2,1-3H3. The van der Waals surface area contributed by atoms with Crippen molar-refractivity contribution in [3.63, 3.8) is 0 Å². The average molecular weight is 209 g/mol. The van der Waals surface area contributed by atoms with E-state index < -0.39 is 0 Å². The van der Waals surface area contributed by atoms with Gasteiger partial charge in [-0.2, -0.15) is 0 Å². The van der Waals surface area contributed by atoms with Gasteiger partial charge in [0.2, 0.25) is 0 Å². The van der Waals surface area contributed by atoms with E-state index in [0.717, 1.165) is 29.8 Å². The molecule has 4 atom stereocenters. The molecule has 0 aromatic carbocycles. The van der Waals surface area contributed by atoms with E-state index in [0.29, 0.717) is 0 Å². The van der Waals surface area contributed by atoms with Crippen molar-refractivity contribution in [1.29, 1.82) is 0 Å². The van der Waals surface area contributed by atoms with Crippen molar-refractivity contribution in [1.82, 2.24) is 5.32 Å². The SMILES string of the molecule is CC1CCC(NC(C)C2CCCC2)C1C. The van der Waals surface area contributed by atoms with Crippen LogP contribution in [0.2, 0.25) is 0 Å². The van der Waals surface area contributed by atoms with E-state index in [-0.39, 0.29) is 0 Å². The lowest BCUT2D eigenvalue weighted by Crippen LogP contribution is -2.42. The van der Waals surface area contributed by atoms with E-state index in [1.165, 1.54) is 38.5 Å². The Balaban J connectivity index is 1.80. The minimum atomic E-state index is 0.755. The maximum absolute atomic E-state index is 3.90. The summed E-state index contributed by atoms with van der Waals surface area (Å²) in [6.45, 7) is 7.25. The fourth-order valence-corrected chi connectivity index (χ4v) is 3.53. The second-order valence-electron chi connectivity index (χ2n) is 6.02. The fraction of sp³-hybridized carbons (Fsp3) is 1.00. The van der Waals surface area contributed by atoms with Gasteiger partial charge in [-0.25, -0.2) is 0 Å². The molecule has 0 bridgehead atoms. The normalized spacial score (nSPS) is 39.8. The first kappa shape index (κ1) is 11.4. The zero-order valence-electron chi connectivity index (χ0n) is 10.6. The van der Waals surface area contributed by atoms with E-state index in [4.69, 9.17) is 0 Å². The van der Waals surface area contributed by atoms with Crippen LogP contribution in [-0.4, -0.2) is 12.1 Å². The molecule has 0 amide bonds. The number of nitrogens with one attached hydrogen (secondary N) is 1. The summed E-state index contributed by atoms with van der Waals surface area (Å²) in [5.74, 6) is 2.78. The molecule has 0 aromatic rings. The number of hydrogen-bond acceptors (Lipinski definition) is 1. The third-order valence-corrected chi connectivity index (χ3v) is 5.05. The zero-order chi connectivity index (χ0) is 10.8. The molecule has 0 aliphatic heterocycles. The van der Waals surface area contributed by atoms with Crippen molar-refractivity contribution in [2.45, 2.75) is 71.4 Å². The van der Waals surface area contributed by atoms with Crippen LogP contribution in [-0.2, 0) is 0 Å². The molecule has 0 heterocycles. The van der Waals surface area contributed by atoms with Crippen LogP contribution in [0.5, 0.6) is 0 Å². The van der Waals surface area contributed by atoms with Gasteiger partial charge in [0, 0.05) is 12.1 Å². The Hall–Kier alpha value is -0.0400. The van der Waals surface area contributed by atoms with Crippen LogP contribution in [0.25, 0.3) is 0 Å². The lowest BCUT2D eigenvalue weighted by atomic mass is 9.94. The van der Waals surface area contributed by atoms with Gasteiger partial charge in [-0.3, -0.25) is 0 Å². The summed E-state index contributed by atoms with van der Waals surface area (Å²) in [6.07, 6.45) is 8.69. The van der Waals surface area contributed by atoms with Gasteiger partial charge in [0.25, 0.3) is 0 Å². The lowest BCUT2D eigenvalue weighted by Gasteiger charge is -2.27. The van der Waals surface area contributed by atoms with Gasteiger partial charge >= 0.3 is 0 Å². The first-order valence-corrected chi connectivity index (χ1v) is 6.94. The van der Waals surface area contributed by atoms with Crippen molar-refractivity contribution in [2.24, 2.45) is 17.8 Å². The van der Waals surface area contributed by atoms with Gasteiger partial charge in [0.05, 0.1) is 0 Å². The predicted octanol–water partition coefficient (Wildman–Crippen LogP) is 3.59. The molecule has 0 saturated heterocycles. The van der Waals surface area contributed by atoms with E-state index in [2.05, 4.69) is 26.1 Å². The number of rotatable bonds is 3. The smallest absolute Gasteiger partial charge is 0.00979 e. The van der Waals surface area contributed by atoms with Crippen molar-refractivity contribution < 1.29 is 0 Å². The molecule has 2 rings (SSSR count). The Bertz CT molecular complexity index is 196. The Morgan fingerprint density at radius 2 is 1.67 bits per heavy atom. The summed E-state index contributed by atoms with van der Waals surface area (Å²) in [5.41, 5.74) is 0. The predicted molar refractivity (Wildman–Crippen MR) is 65.9 cm³/mol. The van der Waals surface area contributed by atoms with Gasteiger partial charge in [-0.1, -0.05) is 26.7 Å². The number of hydrogen-bond donors (Lipinski definition) is 1. The summed E-state index contributed by atoms with van der Waals surface area (Å²) in [4.78, 5) is 0. The van der Waals surface area contributed by atoms with E-state index in [9.17, 15) is 0 Å². The topological polar surface area (TPSA) is 12.0 Å². The molecule has 1 heteroatoms.